The molecule has 41 heavy (non-hydrogen) atoms. The zero-order valence-electron chi connectivity index (χ0n) is 22.1. The molecule has 2 atom stereocenters. The lowest BCUT2D eigenvalue weighted by atomic mass is 9.71. The minimum Gasteiger partial charge on any atom is -0.386 e. The molecule has 2 N–H and O–H groups in total. The first-order valence-corrected chi connectivity index (χ1v) is 13.2. The van der Waals surface area contributed by atoms with Crippen LogP contribution in [-0.2, 0) is 15.0 Å². The van der Waals surface area contributed by atoms with Crippen molar-refractivity contribution in [2.24, 2.45) is 4.99 Å². The molecule has 2 aliphatic heterocycles. The number of hydrogen-bond donors (Lipinski definition) is 2. The molecule has 1 fully saturated rings. The van der Waals surface area contributed by atoms with Crippen LogP contribution in [0.2, 0.25) is 0 Å². The van der Waals surface area contributed by atoms with E-state index in [4.69, 9.17) is 4.84 Å². The molecule has 2 unspecified atom stereocenters. The summed E-state index contributed by atoms with van der Waals surface area (Å²) in [5, 5.41) is 2.20. The lowest BCUT2D eigenvalue weighted by Crippen LogP contribution is -2.54. The third-order valence-electron chi connectivity index (χ3n) is 7.49. The van der Waals surface area contributed by atoms with Crippen LogP contribution in [-0.4, -0.2) is 48.0 Å². The molecule has 1 saturated heterocycles. The molecule has 3 aromatic carbocycles. The fourth-order valence-corrected chi connectivity index (χ4v) is 5.22. The Labute approximate surface area is 234 Å². The largest absolute Gasteiger partial charge is 0.412 e. The lowest BCUT2D eigenvalue weighted by Gasteiger charge is -2.42. The predicted molar refractivity (Wildman–Crippen MR) is 143 cm³/mol. The Bertz CT molecular complexity index is 1420. The van der Waals surface area contributed by atoms with Crippen molar-refractivity contribution in [3.05, 3.63) is 107 Å². The second kappa shape index (κ2) is 11.3. The lowest BCUT2D eigenvalue weighted by molar-refractivity contribution is -0.165. The highest BCUT2D eigenvalue weighted by molar-refractivity contribution is 5.98. The number of nitrogens with zero attached hydrogens (tertiary/aromatic N) is 2. The van der Waals surface area contributed by atoms with Crippen LogP contribution in [0.1, 0.15) is 52.9 Å². The highest BCUT2D eigenvalue weighted by atomic mass is 19.4. The number of aliphatic imine (C=N–C) groups is 1. The summed E-state index contributed by atoms with van der Waals surface area (Å²) in [6, 6.07) is 17.0. The van der Waals surface area contributed by atoms with E-state index in [-0.39, 0.29) is 43.6 Å². The number of benzene rings is 3. The Balaban J connectivity index is 1.35. The van der Waals surface area contributed by atoms with Gasteiger partial charge in [0, 0.05) is 24.2 Å². The van der Waals surface area contributed by atoms with Crippen LogP contribution in [0.5, 0.6) is 0 Å². The van der Waals surface area contributed by atoms with Gasteiger partial charge < -0.3 is 15.1 Å². The maximum absolute atomic E-state index is 14.1. The molecule has 214 valence electrons. The molecule has 2 amide bonds. The van der Waals surface area contributed by atoms with E-state index in [0.29, 0.717) is 22.6 Å². The van der Waals surface area contributed by atoms with E-state index >= 15 is 0 Å². The molecule has 0 radical (unpaired) electrons. The van der Waals surface area contributed by atoms with Crippen molar-refractivity contribution in [3.63, 3.8) is 0 Å². The number of hydroxylamine groups is 1. The van der Waals surface area contributed by atoms with E-state index in [0.717, 1.165) is 24.3 Å². The van der Waals surface area contributed by atoms with Gasteiger partial charge in [-0.15, -0.1) is 5.48 Å². The van der Waals surface area contributed by atoms with Gasteiger partial charge in [-0.05, 0) is 67.3 Å². The van der Waals surface area contributed by atoms with Gasteiger partial charge in [0.05, 0.1) is 5.41 Å². The quantitative estimate of drug-likeness (QED) is 0.408. The van der Waals surface area contributed by atoms with Crippen LogP contribution in [0.15, 0.2) is 83.9 Å². The number of hydrogen-bond acceptors (Lipinski definition) is 5. The summed E-state index contributed by atoms with van der Waals surface area (Å²) in [5.74, 6) is -1.31. The molecule has 0 spiro atoms. The summed E-state index contributed by atoms with van der Waals surface area (Å²) in [7, 11) is 0. The van der Waals surface area contributed by atoms with Crippen LogP contribution in [0.3, 0.4) is 0 Å². The van der Waals surface area contributed by atoms with Crippen molar-refractivity contribution in [1.82, 2.24) is 15.7 Å². The van der Waals surface area contributed by atoms with Gasteiger partial charge in [-0.25, -0.2) is 9.38 Å². The number of amides is 2. The molecule has 5 rings (SSSR count). The van der Waals surface area contributed by atoms with Gasteiger partial charge in [0.1, 0.15) is 12.0 Å². The first-order chi connectivity index (χ1) is 19.6. The summed E-state index contributed by atoms with van der Waals surface area (Å²) in [5.41, 5.74) is 2.86. The Morgan fingerprint density at radius 1 is 1.00 bits per heavy atom. The Morgan fingerprint density at radius 3 is 2.20 bits per heavy atom. The molecule has 0 aliphatic carbocycles. The number of piperidine rings is 1. The van der Waals surface area contributed by atoms with Gasteiger partial charge in [0.15, 0.2) is 6.04 Å². The fourth-order valence-electron chi connectivity index (χ4n) is 5.22. The average Bonchev–Trinajstić information content (AvgIpc) is 3.42. The maximum Gasteiger partial charge on any atom is 0.412 e. The van der Waals surface area contributed by atoms with Crippen molar-refractivity contribution in [1.29, 1.82) is 0 Å². The van der Waals surface area contributed by atoms with Crippen LogP contribution >= 0.6 is 0 Å². The monoisotopic (exact) mass is 568 g/mol. The topological polar surface area (TPSA) is 83.0 Å². The first kappa shape index (κ1) is 28.3. The van der Waals surface area contributed by atoms with Gasteiger partial charge in [-0.2, -0.15) is 13.2 Å². The molecule has 0 aromatic heterocycles. The van der Waals surface area contributed by atoms with Crippen molar-refractivity contribution in [2.45, 2.75) is 43.6 Å². The van der Waals surface area contributed by atoms with Crippen molar-refractivity contribution >= 4 is 17.7 Å². The van der Waals surface area contributed by atoms with Crippen LogP contribution in [0.4, 0.5) is 17.6 Å². The molecule has 2 heterocycles. The molecule has 2 aliphatic rings. The summed E-state index contributed by atoms with van der Waals surface area (Å²) in [4.78, 5) is 38.2. The van der Waals surface area contributed by atoms with E-state index in [1.165, 1.54) is 0 Å². The molecule has 0 bridgehead atoms. The number of nitrogens with one attached hydrogen (secondary N) is 2. The average molecular weight is 569 g/mol. The summed E-state index contributed by atoms with van der Waals surface area (Å²) in [6.45, 7) is 2.16. The van der Waals surface area contributed by atoms with E-state index in [9.17, 15) is 27.2 Å². The molecule has 3 aromatic rings. The predicted octanol–water partition coefficient (Wildman–Crippen LogP) is 5.05. The molecular weight excluding hydrogens is 540 g/mol. The number of rotatable bonds is 6. The number of carbonyl (C=O) groups is 2. The van der Waals surface area contributed by atoms with E-state index < -0.39 is 29.4 Å². The van der Waals surface area contributed by atoms with Gasteiger partial charge in [0.25, 0.3) is 5.91 Å². The van der Waals surface area contributed by atoms with Crippen LogP contribution < -0.4 is 10.8 Å². The Kier molecular flexibility index (Phi) is 7.81. The first-order valence-electron chi connectivity index (χ1n) is 13.2. The van der Waals surface area contributed by atoms with Gasteiger partial charge in [0.2, 0.25) is 11.8 Å². The number of likely N-dealkylation sites (tertiary alicyclic amines) is 1. The van der Waals surface area contributed by atoms with E-state index in [1.807, 2.05) is 6.92 Å². The van der Waals surface area contributed by atoms with Gasteiger partial charge >= 0.3 is 6.18 Å². The molecule has 11 heteroatoms. The van der Waals surface area contributed by atoms with E-state index in [1.54, 1.807) is 59.5 Å². The number of halogens is 4. The smallest absolute Gasteiger partial charge is 0.386 e. The molecule has 0 saturated carbocycles. The number of alkyl halides is 3. The second-order valence-electron chi connectivity index (χ2n) is 10.1. The Hall–Kier alpha value is -4.25. The van der Waals surface area contributed by atoms with Crippen LogP contribution in [0, 0.1) is 5.82 Å². The molecular formula is C30H28F4N4O3. The summed E-state index contributed by atoms with van der Waals surface area (Å²) < 4.78 is 55.6. The zero-order valence-corrected chi connectivity index (χ0v) is 22.1. The maximum atomic E-state index is 14.1. The van der Waals surface area contributed by atoms with Crippen molar-refractivity contribution in [3.8, 4) is 0 Å². The van der Waals surface area contributed by atoms with Crippen molar-refractivity contribution in [2.75, 3.05) is 13.1 Å². The fraction of sp³-hybridized carbons (Fsp3) is 0.300. The second-order valence-corrected chi connectivity index (χ2v) is 10.1. The minimum absolute atomic E-state index is 0.120. The summed E-state index contributed by atoms with van der Waals surface area (Å²) in [6.07, 6.45) is -4.75. The standard InChI is InChI=1S/C30H28F4N4O3/c1-19-35-26(41-37-19)21-7-9-22(10-8-21)27(39)38-17-15-29(16-18-38,23-5-3-2-4-6-23)28(40)36-25(30(32,33)34)20-11-13-24(31)14-12-20/h2-14,19,25,37H,15-18H2,1H3,(H,36,40). The van der Waals surface area contributed by atoms with E-state index in [2.05, 4.69) is 15.8 Å². The van der Waals surface area contributed by atoms with Crippen molar-refractivity contribution < 1.29 is 32.0 Å². The SMILES string of the molecule is CC1N=C(c2ccc(C(=O)N3CCC(C(=O)NC(c4ccc(F)cc4)C(F)(F)F)(c4ccccc4)CC3)cc2)ON1. The molecule has 7 nitrogen and oxygen atoms in total. The van der Waals surface area contributed by atoms with Gasteiger partial charge in [-0.3, -0.25) is 9.59 Å². The van der Waals surface area contributed by atoms with Crippen LogP contribution in [0.25, 0.3) is 0 Å². The highest BCUT2D eigenvalue weighted by Gasteiger charge is 2.48. The zero-order chi connectivity index (χ0) is 29.2. The van der Waals surface area contributed by atoms with Gasteiger partial charge in [-0.1, -0.05) is 42.5 Å². The normalized spacial score (nSPS) is 19.2. The third-order valence-corrected chi connectivity index (χ3v) is 7.49. The Morgan fingerprint density at radius 2 is 1.63 bits per heavy atom. The number of carbonyl (C=O) groups excluding carboxylic acids is 2. The highest BCUT2D eigenvalue weighted by Crippen LogP contribution is 2.39. The minimum atomic E-state index is -4.81. The summed E-state index contributed by atoms with van der Waals surface area (Å²) >= 11 is 0. The third kappa shape index (κ3) is 5.95.